The maximum Gasteiger partial charge on any atom is 0.416 e. The first-order valence-corrected chi connectivity index (χ1v) is 11.5. The molecule has 1 aliphatic rings. The fraction of sp³-hybridized carbons (Fsp3) is 0.0357. The Bertz CT molecular complexity index is 1540. The maximum atomic E-state index is 13.7. The molecule has 1 atom stereocenters. The van der Waals surface area contributed by atoms with Gasteiger partial charge in [0.15, 0.2) is 11.4 Å². The Kier molecular flexibility index (Phi) is 6.17. The molecule has 0 aliphatic carbocycles. The van der Waals surface area contributed by atoms with Crippen LogP contribution in [0.3, 0.4) is 0 Å². The van der Waals surface area contributed by atoms with Crippen LogP contribution in [0.4, 0.5) is 45.5 Å². The molecule has 3 N–H and O–H groups in total. The van der Waals surface area contributed by atoms with Gasteiger partial charge in [-0.25, -0.2) is 9.59 Å². The molecule has 1 aliphatic heterocycles. The topological polar surface area (TPSA) is 87.8 Å². The summed E-state index contributed by atoms with van der Waals surface area (Å²) in [6, 6.07) is 26.0. The van der Waals surface area contributed by atoms with Gasteiger partial charge in [0.1, 0.15) is 11.4 Å². The van der Waals surface area contributed by atoms with Crippen LogP contribution in [0, 0.1) is 0 Å². The van der Waals surface area contributed by atoms with Gasteiger partial charge in [0.2, 0.25) is 6.34 Å². The molecule has 4 amide bonds. The van der Waals surface area contributed by atoms with E-state index in [1.165, 1.54) is 23.5 Å². The summed E-state index contributed by atoms with van der Waals surface area (Å²) in [6.07, 6.45) is -3.39. The Morgan fingerprint density at radius 3 is 2.18 bits per heavy atom. The zero-order valence-electron chi connectivity index (χ0n) is 19.8. The third-order valence-corrected chi connectivity index (χ3v) is 6.15. The highest BCUT2D eigenvalue weighted by atomic mass is 19.4. The number of carbonyl (C=O) groups excluding carboxylic acids is 2. The molecule has 0 aromatic heterocycles. The van der Waals surface area contributed by atoms with Crippen molar-refractivity contribution < 1.29 is 22.8 Å². The number of carbonyl (C=O) groups is 2. The summed E-state index contributed by atoms with van der Waals surface area (Å²) in [5.41, 5.74) is 7.22. The summed E-state index contributed by atoms with van der Waals surface area (Å²) < 4.78 is 40.5. The van der Waals surface area contributed by atoms with Gasteiger partial charge in [-0.1, -0.05) is 60.7 Å². The molecule has 0 spiro atoms. The van der Waals surface area contributed by atoms with Crippen molar-refractivity contribution in [1.82, 2.24) is 4.59 Å². The van der Waals surface area contributed by atoms with Gasteiger partial charge >= 0.3 is 18.2 Å². The summed E-state index contributed by atoms with van der Waals surface area (Å²) in [5, 5.41) is 3.76. The molecule has 0 bridgehead atoms. The van der Waals surface area contributed by atoms with Crippen LogP contribution in [0.2, 0.25) is 0 Å². The number of hydrogen-bond donors (Lipinski definition) is 2. The number of benzene rings is 4. The van der Waals surface area contributed by atoms with Crippen molar-refractivity contribution in [2.24, 2.45) is 10.7 Å². The summed E-state index contributed by atoms with van der Waals surface area (Å²) in [7, 11) is 0. The average Bonchev–Trinajstić information content (AvgIpc) is 3.26. The van der Waals surface area contributed by atoms with Crippen LogP contribution in [0.25, 0.3) is 11.1 Å². The van der Waals surface area contributed by atoms with E-state index in [9.17, 15) is 22.8 Å². The molecule has 1 heterocycles. The van der Waals surface area contributed by atoms with Gasteiger partial charge in [-0.15, -0.1) is 14.6 Å². The minimum Gasteiger partial charge on any atom is -0.351 e. The lowest BCUT2D eigenvalue weighted by Gasteiger charge is -2.37. The number of quaternary nitrogens is 1. The van der Waals surface area contributed by atoms with Crippen LogP contribution in [0.1, 0.15) is 5.56 Å². The largest absolute Gasteiger partial charge is 0.416 e. The maximum absolute atomic E-state index is 13.7. The Morgan fingerprint density at radius 1 is 0.842 bits per heavy atom. The van der Waals surface area contributed by atoms with E-state index in [1.54, 1.807) is 36.4 Å². The molecule has 10 heteroatoms. The molecule has 0 saturated heterocycles. The number of nitrogens with two attached hydrogens (primary N) is 1. The lowest BCUT2D eigenvalue weighted by Crippen LogP contribution is -2.56. The van der Waals surface area contributed by atoms with Gasteiger partial charge in [0.05, 0.1) is 5.56 Å². The second kappa shape index (κ2) is 9.49. The van der Waals surface area contributed by atoms with Crippen LogP contribution in [-0.4, -0.2) is 18.4 Å². The third kappa shape index (κ3) is 4.37. The lowest BCUT2D eigenvalue weighted by atomic mass is 10.1. The molecule has 190 valence electrons. The number of primary amides is 1. The van der Waals surface area contributed by atoms with Crippen molar-refractivity contribution >= 4 is 41.2 Å². The Labute approximate surface area is 215 Å². The first-order valence-electron chi connectivity index (χ1n) is 11.5. The smallest absolute Gasteiger partial charge is 0.351 e. The molecule has 4 aromatic carbocycles. The van der Waals surface area contributed by atoms with E-state index < -0.39 is 28.4 Å². The highest BCUT2D eigenvalue weighted by Crippen LogP contribution is 2.46. The zero-order valence-corrected chi connectivity index (χ0v) is 19.8. The number of alkyl halides is 3. The van der Waals surface area contributed by atoms with Crippen molar-refractivity contribution in [1.29, 1.82) is 0 Å². The number of aliphatic imine (C=N–C) groups is 1. The highest BCUT2D eigenvalue weighted by Gasteiger charge is 2.51. The summed E-state index contributed by atoms with van der Waals surface area (Å²) >= 11 is 0. The average molecular weight is 517 g/mol. The molecule has 0 fully saturated rings. The van der Waals surface area contributed by atoms with E-state index in [4.69, 9.17) is 5.73 Å². The first-order chi connectivity index (χ1) is 18.2. The molecule has 38 heavy (non-hydrogen) atoms. The standard InChI is InChI=1S/C28H20F3N5O2/c29-28(30,31)21-9-6-10-23(17-21)36(25-12-5-4-11-24(25)34-26(32)37)18-33-27(38)35(36)22-15-13-20(14-16-22)19-7-2-1-3-8-19/h1-18H,(H2-,32,34,37)/p+1. The molecule has 7 nitrogen and oxygen atoms in total. The van der Waals surface area contributed by atoms with Gasteiger partial charge < -0.3 is 11.1 Å². The van der Waals surface area contributed by atoms with Crippen LogP contribution in [0.15, 0.2) is 108 Å². The predicted octanol–water partition coefficient (Wildman–Crippen LogP) is 7.09. The normalized spacial score (nSPS) is 17.0. The number of para-hydroxylation sites is 2. The fourth-order valence-corrected chi connectivity index (χ4v) is 4.49. The molecular formula is C28H21F3N5O2+. The van der Waals surface area contributed by atoms with Crippen LogP contribution >= 0.6 is 0 Å². The molecule has 0 radical (unpaired) electrons. The summed E-state index contributed by atoms with van der Waals surface area (Å²) in [5.74, 6) is 0. The van der Waals surface area contributed by atoms with E-state index >= 15 is 0 Å². The van der Waals surface area contributed by atoms with Crippen LogP contribution < -0.4 is 20.7 Å². The van der Waals surface area contributed by atoms with E-state index in [2.05, 4.69) is 10.3 Å². The monoisotopic (exact) mass is 516 g/mol. The molecule has 1 unspecified atom stereocenters. The van der Waals surface area contributed by atoms with E-state index in [0.717, 1.165) is 23.3 Å². The third-order valence-electron chi connectivity index (χ3n) is 6.15. The molecule has 5 rings (SSSR count). The molecular weight excluding hydrogens is 495 g/mol. The van der Waals surface area contributed by atoms with Crippen LogP contribution in [-0.2, 0) is 6.18 Å². The van der Waals surface area contributed by atoms with Crippen molar-refractivity contribution in [2.75, 3.05) is 10.3 Å². The number of hydrogen-bond acceptors (Lipinski definition) is 2. The van der Waals surface area contributed by atoms with Gasteiger partial charge in [-0.3, -0.25) is 0 Å². The van der Waals surface area contributed by atoms with Crippen LogP contribution in [0.5, 0.6) is 0 Å². The SMILES string of the molecule is NC(=O)Nc1ccccc1[N+]1(c2cccc(C(F)(F)F)c2)C=NC(=O)N1c1ccc(-c2ccccc2)cc1. The van der Waals surface area contributed by atoms with Gasteiger partial charge in [-0.2, -0.15) is 13.2 Å². The first kappa shape index (κ1) is 24.7. The van der Waals surface area contributed by atoms with Gasteiger partial charge in [-0.05, 0) is 35.4 Å². The summed E-state index contributed by atoms with van der Waals surface area (Å²) in [6.45, 7) is 0. The summed E-state index contributed by atoms with van der Waals surface area (Å²) in [4.78, 5) is 29.1. The second-order valence-corrected chi connectivity index (χ2v) is 8.49. The van der Waals surface area contributed by atoms with Crippen molar-refractivity contribution in [3.05, 3.63) is 109 Å². The zero-order chi connectivity index (χ0) is 26.9. The number of nitrogens with zero attached hydrogens (tertiary/aromatic N) is 3. The van der Waals surface area contributed by atoms with Crippen molar-refractivity contribution in [2.45, 2.75) is 6.18 Å². The minimum absolute atomic E-state index is 0.0697. The van der Waals surface area contributed by atoms with E-state index in [1.807, 2.05) is 42.5 Å². The minimum atomic E-state index is -4.63. The van der Waals surface area contributed by atoms with Crippen molar-refractivity contribution in [3.63, 3.8) is 0 Å². The lowest BCUT2D eigenvalue weighted by molar-refractivity contribution is -0.137. The number of anilines is 2. The number of urea groups is 2. The second-order valence-electron chi connectivity index (χ2n) is 8.49. The fourth-order valence-electron chi connectivity index (χ4n) is 4.49. The van der Waals surface area contributed by atoms with Gasteiger partial charge in [0.25, 0.3) is 0 Å². The number of rotatable bonds is 5. The molecule has 4 aromatic rings. The van der Waals surface area contributed by atoms with Crippen molar-refractivity contribution in [3.8, 4) is 11.1 Å². The number of amides is 4. The Hall–Kier alpha value is -4.96. The van der Waals surface area contributed by atoms with E-state index in [-0.39, 0.29) is 17.1 Å². The van der Waals surface area contributed by atoms with Gasteiger partial charge in [0, 0.05) is 18.2 Å². The molecule has 0 saturated carbocycles. The number of nitrogens with one attached hydrogen (secondary N) is 1. The Balaban J connectivity index is 1.73. The van der Waals surface area contributed by atoms with E-state index in [0.29, 0.717) is 5.69 Å². The number of halogens is 3. The highest BCUT2D eigenvalue weighted by molar-refractivity contribution is 6.12. The quantitative estimate of drug-likeness (QED) is 0.278. The Morgan fingerprint density at radius 2 is 1.50 bits per heavy atom. The predicted molar refractivity (Wildman–Crippen MR) is 141 cm³/mol.